The maximum atomic E-state index is 9.01. The first-order valence-electron chi connectivity index (χ1n) is 3.51. The van der Waals surface area contributed by atoms with E-state index in [1.165, 1.54) is 5.56 Å². The van der Waals surface area contributed by atoms with Crippen molar-refractivity contribution in [2.75, 3.05) is 0 Å². The van der Waals surface area contributed by atoms with E-state index in [-0.39, 0.29) is 6.92 Å². The Bertz CT molecular complexity index is 184. The predicted molar refractivity (Wildman–Crippen MR) is 44.0 cm³/mol. The van der Waals surface area contributed by atoms with E-state index < -0.39 is 0 Å². The molecule has 0 atom stereocenters. The van der Waals surface area contributed by atoms with Gasteiger partial charge in [0.05, 0.1) is 0 Å². The average Bonchev–Trinajstić information content (AvgIpc) is 1.88. The molecule has 0 spiro atoms. The molecular formula is C8H11BO. The van der Waals surface area contributed by atoms with Gasteiger partial charge in [-0.1, -0.05) is 42.7 Å². The van der Waals surface area contributed by atoms with Gasteiger partial charge in [-0.3, -0.25) is 0 Å². The molecule has 0 amide bonds. The van der Waals surface area contributed by atoms with Crippen LogP contribution in [0.5, 0.6) is 0 Å². The van der Waals surface area contributed by atoms with Crippen molar-refractivity contribution in [3.05, 3.63) is 35.9 Å². The molecule has 0 radical (unpaired) electrons. The Labute approximate surface area is 61.8 Å². The zero-order valence-corrected chi connectivity index (χ0v) is 6.12. The van der Waals surface area contributed by atoms with Gasteiger partial charge in [0, 0.05) is 0 Å². The highest BCUT2D eigenvalue weighted by Crippen LogP contribution is 1.99. The minimum Gasteiger partial charge on any atom is -0.450 e. The highest BCUT2D eigenvalue weighted by molar-refractivity contribution is 6.48. The summed E-state index contributed by atoms with van der Waals surface area (Å²) in [5.41, 5.74) is 1.19. The summed E-state index contributed by atoms with van der Waals surface area (Å²) in [6.07, 6.45) is 0.751. The third kappa shape index (κ3) is 2.23. The second-order valence-corrected chi connectivity index (χ2v) is 2.54. The molecule has 0 heterocycles. The Balaban J connectivity index is 2.59. The molecule has 1 rings (SSSR count). The fraction of sp³-hybridized carbons (Fsp3) is 0.250. The molecule has 1 aromatic rings. The van der Waals surface area contributed by atoms with Gasteiger partial charge in [-0.05, 0) is 6.32 Å². The summed E-state index contributed by atoms with van der Waals surface area (Å²) in [5, 5.41) is 9.01. The monoisotopic (exact) mass is 134 g/mol. The molecular weight excluding hydrogens is 123 g/mol. The lowest BCUT2D eigenvalue weighted by molar-refractivity contribution is 0.577. The number of hydrogen-bond donors (Lipinski definition) is 1. The van der Waals surface area contributed by atoms with Gasteiger partial charge in [0.2, 0.25) is 0 Å². The minimum absolute atomic E-state index is 0.234. The molecule has 0 fully saturated rings. The van der Waals surface area contributed by atoms with Crippen LogP contribution < -0.4 is 0 Å². The van der Waals surface area contributed by atoms with Gasteiger partial charge in [0.25, 0.3) is 6.92 Å². The molecule has 0 saturated heterocycles. The molecule has 52 valence electrons. The lowest BCUT2D eigenvalue weighted by Gasteiger charge is -1.98. The Morgan fingerprint density at radius 2 is 1.90 bits per heavy atom. The molecule has 0 aromatic heterocycles. The van der Waals surface area contributed by atoms with Gasteiger partial charge in [-0.25, -0.2) is 0 Å². The Morgan fingerprint density at radius 1 is 1.30 bits per heavy atom. The van der Waals surface area contributed by atoms with Crippen LogP contribution in [0.2, 0.25) is 6.82 Å². The van der Waals surface area contributed by atoms with Gasteiger partial charge in [0.1, 0.15) is 0 Å². The van der Waals surface area contributed by atoms with Gasteiger partial charge in [-0.15, -0.1) is 0 Å². The quantitative estimate of drug-likeness (QED) is 0.605. The lowest BCUT2D eigenvalue weighted by atomic mass is 9.66. The van der Waals surface area contributed by atoms with Gasteiger partial charge < -0.3 is 5.02 Å². The van der Waals surface area contributed by atoms with Crippen LogP contribution in [-0.2, 0) is 6.32 Å². The lowest BCUT2D eigenvalue weighted by Crippen LogP contribution is -2.09. The number of benzene rings is 1. The van der Waals surface area contributed by atoms with Crippen LogP contribution in [0.4, 0.5) is 0 Å². The topological polar surface area (TPSA) is 20.2 Å². The molecule has 1 aromatic carbocycles. The van der Waals surface area contributed by atoms with E-state index in [2.05, 4.69) is 0 Å². The third-order valence-corrected chi connectivity index (χ3v) is 1.37. The largest absolute Gasteiger partial charge is 0.450 e. The van der Waals surface area contributed by atoms with Crippen molar-refractivity contribution >= 4 is 6.92 Å². The van der Waals surface area contributed by atoms with Crippen molar-refractivity contribution in [1.82, 2.24) is 0 Å². The van der Waals surface area contributed by atoms with Crippen LogP contribution in [0.25, 0.3) is 0 Å². The Hall–Kier alpha value is -0.755. The van der Waals surface area contributed by atoms with Gasteiger partial charge >= 0.3 is 0 Å². The fourth-order valence-electron chi connectivity index (χ4n) is 0.955. The van der Waals surface area contributed by atoms with Crippen molar-refractivity contribution in [1.29, 1.82) is 0 Å². The molecule has 0 unspecified atom stereocenters. The van der Waals surface area contributed by atoms with Gasteiger partial charge in [-0.2, -0.15) is 0 Å². The molecule has 10 heavy (non-hydrogen) atoms. The van der Waals surface area contributed by atoms with Crippen molar-refractivity contribution in [2.45, 2.75) is 13.1 Å². The minimum atomic E-state index is -0.234. The number of rotatable bonds is 2. The highest BCUT2D eigenvalue weighted by Gasteiger charge is 2.01. The van der Waals surface area contributed by atoms with Crippen molar-refractivity contribution < 1.29 is 5.02 Å². The van der Waals surface area contributed by atoms with Gasteiger partial charge in [0.15, 0.2) is 0 Å². The van der Waals surface area contributed by atoms with E-state index in [4.69, 9.17) is 5.02 Å². The fourth-order valence-corrected chi connectivity index (χ4v) is 0.955. The average molecular weight is 134 g/mol. The zero-order valence-electron chi connectivity index (χ0n) is 6.12. The van der Waals surface area contributed by atoms with E-state index in [1.54, 1.807) is 6.82 Å². The summed E-state index contributed by atoms with van der Waals surface area (Å²) >= 11 is 0. The summed E-state index contributed by atoms with van der Waals surface area (Å²) < 4.78 is 0. The molecule has 1 nitrogen and oxygen atoms in total. The molecule has 0 aliphatic carbocycles. The molecule has 0 bridgehead atoms. The van der Waals surface area contributed by atoms with Crippen LogP contribution in [0.15, 0.2) is 30.3 Å². The summed E-state index contributed by atoms with van der Waals surface area (Å²) in [4.78, 5) is 0. The van der Waals surface area contributed by atoms with E-state index in [9.17, 15) is 0 Å². The maximum Gasteiger partial charge on any atom is 0.290 e. The maximum absolute atomic E-state index is 9.01. The summed E-state index contributed by atoms with van der Waals surface area (Å²) in [6.45, 7) is 1.56. The first-order valence-corrected chi connectivity index (χ1v) is 3.51. The standard InChI is InChI=1S/C8H11BO/c1-9(10)7-8-5-3-2-4-6-8/h2-6,10H,7H2,1H3. The highest BCUT2D eigenvalue weighted by atomic mass is 16.2. The van der Waals surface area contributed by atoms with Crippen LogP contribution >= 0.6 is 0 Å². The van der Waals surface area contributed by atoms with Crippen LogP contribution in [0.3, 0.4) is 0 Å². The van der Waals surface area contributed by atoms with E-state index >= 15 is 0 Å². The summed E-state index contributed by atoms with van der Waals surface area (Å²) in [6, 6.07) is 9.99. The summed E-state index contributed by atoms with van der Waals surface area (Å²) in [7, 11) is 0. The summed E-state index contributed by atoms with van der Waals surface area (Å²) in [5.74, 6) is 0. The second kappa shape index (κ2) is 3.42. The van der Waals surface area contributed by atoms with Crippen molar-refractivity contribution in [2.24, 2.45) is 0 Å². The smallest absolute Gasteiger partial charge is 0.290 e. The van der Waals surface area contributed by atoms with E-state index in [1.807, 2.05) is 30.3 Å². The molecule has 0 saturated carbocycles. The predicted octanol–water partition coefficient (Wildman–Crippen LogP) is 1.38. The zero-order chi connectivity index (χ0) is 7.40. The second-order valence-electron chi connectivity index (χ2n) is 2.54. The van der Waals surface area contributed by atoms with Crippen LogP contribution in [0, 0.1) is 0 Å². The Morgan fingerprint density at radius 3 is 2.40 bits per heavy atom. The third-order valence-electron chi connectivity index (χ3n) is 1.37. The van der Waals surface area contributed by atoms with Crippen molar-refractivity contribution in [3.8, 4) is 0 Å². The molecule has 2 heteroatoms. The normalized spacial score (nSPS) is 9.40. The Kier molecular flexibility index (Phi) is 2.52. The molecule has 0 aliphatic rings. The van der Waals surface area contributed by atoms with Crippen molar-refractivity contribution in [3.63, 3.8) is 0 Å². The van der Waals surface area contributed by atoms with E-state index in [0.29, 0.717) is 0 Å². The molecule has 0 aliphatic heterocycles. The first kappa shape index (κ1) is 7.35. The molecule has 1 N–H and O–H groups in total. The first-order chi connectivity index (χ1) is 4.79. The SMILES string of the molecule is CB(O)Cc1ccccc1. The van der Waals surface area contributed by atoms with Crippen LogP contribution in [-0.4, -0.2) is 11.9 Å². The van der Waals surface area contributed by atoms with E-state index in [0.717, 1.165) is 6.32 Å². The van der Waals surface area contributed by atoms with Crippen LogP contribution in [0.1, 0.15) is 5.56 Å². The number of hydrogen-bond acceptors (Lipinski definition) is 1.